The van der Waals surface area contributed by atoms with Gasteiger partial charge in [-0.15, -0.1) is 0 Å². The molecule has 3 aliphatic heterocycles. The van der Waals surface area contributed by atoms with E-state index in [4.69, 9.17) is 9.31 Å². The molecule has 0 amide bonds. The highest BCUT2D eigenvalue weighted by molar-refractivity contribution is 6.62. The zero-order chi connectivity index (χ0) is 21.8. The molecule has 0 aromatic heterocycles. The minimum absolute atomic E-state index is 0.0113. The van der Waals surface area contributed by atoms with Crippen molar-refractivity contribution < 1.29 is 9.31 Å². The minimum atomic E-state index is -0.336. The van der Waals surface area contributed by atoms with Crippen molar-refractivity contribution >= 4 is 24.0 Å². The van der Waals surface area contributed by atoms with Crippen LogP contribution in [-0.4, -0.2) is 24.4 Å². The van der Waals surface area contributed by atoms with E-state index >= 15 is 0 Å². The Morgan fingerprint density at radius 1 is 0.871 bits per heavy atom. The molecule has 0 radical (unpaired) electrons. The van der Waals surface area contributed by atoms with Gasteiger partial charge < -0.3 is 14.2 Å². The fraction of sp³-hybridized carbons (Fsp3) is 0.407. The van der Waals surface area contributed by atoms with Crippen molar-refractivity contribution in [1.29, 1.82) is 0 Å². The molecule has 3 heterocycles. The smallest absolute Gasteiger partial charge is 0.399 e. The summed E-state index contributed by atoms with van der Waals surface area (Å²) < 4.78 is 12.7. The third kappa shape index (κ3) is 2.44. The first-order valence-electron chi connectivity index (χ1n) is 11.4. The van der Waals surface area contributed by atoms with E-state index in [1.165, 1.54) is 28.1 Å². The highest BCUT2D eigenvalue weighted by Gasteiger charge is 2.53. The lowest BCUT2D eigenvalue weighted by molar-refractivity contribution is 0.00578. The minimum Gasteiger partial charge on any atom is -0.399 e. The fourth-order valence-electron chi connectivity index (χ4n) is 5.81. The van der Waals surface area contributed by atoms with Gasteiger partial charge in [0.25, 0.3) is 0 Å². The van der Waals surface area contributed by atoms with Gasteiger partial charge in [0.15, 0.2) is 0 Å². The van der Waals surface area contributed by atoms with Gasteiger partial charge in [0.2, 0.25) is 0 Å². The molecule has 0 N–H and O–H groups in total. The molecule has 1 aliphatic carbocycles. The van der Waals surface area contributed by atoms with E-state index in [2.05, 4.69) is 107 Å². The molecule has 2 atom stereocenters. The summed E-state index contributed by atoms with van der Waals surface area (Å²) in [5, 5.41) is 0. The number of allylic oxidation sites excluding steroid dienone is 2. The Hall–Kier alpha value is -2.30. The molecular formula is C27H30BNO2. The lowest BCUT2D eigenvalue weighted by Crippen LogP contribution is -2.45. The van der Waals surface area contributed by atoms with Crippen molar-refractivity contribution in [2.75, 3.05) is 4.90 Å². The normalized spacial score (nSPS) is 28.1. The molecule has 2 aromatic rings. The Labute approximate surface area is 185 Å². The second kappa shape index (κ2) is 5.93. The number of nitrogens with zero attached hydrogens (tertiary/aromatic N) is 1. The Balaban J connectivity index is 1.49. The molecule has 31 heavy (non-hydrogen) atoms. The zero-order valence-corrected chi connectivity index (χ0v) is 19.3. The van der Waals surface area contributed by atoms with Gasteiger partial charge >= 0.3 is 7.12 Å². The summed E-state index contributed by atoms with van der Waals surface area (Å²) in [5.74, 6) is 0.338. The Morgan fingerprint density at radius 2 is 1.58 bits per heavy atom. The van der Waals surface area contributed by atoms with E-state index in [1.54, 1.807) is 0 Å². The van der Waals surface area contributed by atoms with Crippen molar-refractivity contribution in [2.24, 2.45) is 0 Å². The van der Waals surface area contributed by atoms with Gasteiger partial charge in [0.1, 0.15) is 0 Å². The van der Waals surface area contributed by atoms with Gasteiger partial charge in [0.05, 0.1) is 17.2 Å². The number of benzene rings is 2. The standard InChI is InChI=1S/C27H30BNO2/c1-25(2)20-11-7-8-13-23(20)29-22-15-14-17(28-30-26(3,4)27(5,6)31-28)16-19(22)18-10-9-12-21(25)24(18)29/h7-16,18,24H,1-6H3. The van der Waals surface area contributed by atoms with Crippen molar-refractivity contribution in [3.05, 3.63) is 77.4 Å². The molecule has 1 saturated heterocycles. The second-order valence-electron chi connectivity index (χ2n) is 10.9. The summed E-state index contributed by atoms with van der Waals surface area (Å²) in [4.78, 5) is 2.56. The monoisotopic (exact) mass is 411 g/mol. The van der Waals surface area contributed by atoms with Crippen LogP contribution in [0.4, 0.5) is 11.4 Å². The predicted octanol–water partition coefficient (Wildman–Crippen LogP) is 5.38. The number of para-hydroxylation sites is 1. The van der Waals surface area contributed by atoms with Crippen LogP contribution in [0.15, 0.2) is 66.3 Å². The predicted molar refractivity (Wildman–Crippen MR) is 128 cm³/mol. The molecule has 0 bridgehead atoms. The Bertz CT molecular complexity index is 1140. The van der Waals surface area contributed by atoms with E-state index in [-0.39, 0.29) is 23.7 Å². The van der Waals surface area contributed by atoms with E-state index in [1.807, 2.05) is 0 Å². The summed E-state index contributed by atoms with van der Waals surface area (Å²) in [6.07, 6.45) is 6.96. The van der Waals surface area contributed by atoms with Crippen LogP contribution in [0.25, 0.3) is 0 Å². The molecule has 2 aromatic carbocycles. The van der Waals surface area contributed by atoms with Gasteiger partial charge in [0, 0.05) is 22.7 Å². The number of fused-ring (bicyclic) bond motifs is 5. The molecule has 1 fully saturated rings. The molecule has 0 spiro atoms. The molecule has 0 saturated carbocycles. The van der Waals surface area contributed by atoms with Gasteiger partial charge in [-0.3, -0.25) is 0 Å². The Kier molecular flexibility index (Phi) is 3.71. The largest absolute Gasteiger partial charge is 0.494 e. The number of hydrogen-bond donors (Lipinski definition) is 0. The maximum Gasteiger partial charge on any atom is 0.494 e. The lowest BCUT2D eigenvalue weighted by atomic mass is 9.67. The van der Waals surface area contributed by atoms with Crippen LogP contribution in [0, 0.1) is 0 Å². The molecular weight excluding hydrogens is 381 g/mol. The lowest BCUT2D eigenvalue weighted by Gasteiger charge is -2.47. The van der Waals surface area contributed by atoms with Crippen molar-refractivity contribution in [3.8, 4) is 0 Å². The first-order chi connectivity index (χ1) is 14.6. The molecule has 3 nitrogen and oxygen atoms in total. The number of rotatable bonds is 1. The second-order valence-corrected chi connectivity index (χ2v) is 10.9. The average molecular weight is 411 g/mol. The Morgan fingerprint density at radius 3 is 2.32 bits per heavy atom. The summed E-state index contributed by atoms with van der Waals surface area (Å²) in [6.45, 7) is 13.2. The quantitative estimate of drug-likeness (QED) is 0.589. The van der Waals surface area contributed by atoms with Crippen molar-refractivity contribution in [1.82, 2.24) is 0 Å². The highest BCUT2D eigenvalue weighted by Crippen LogP contribution is 2.58. The van der Waals surface area contributed by atoms with E-state index in [0.29, 0.717) is 12.0 Å². The van der Waals surface area contributed by atoms with Gasteiger partial charge in [-0.1, -0.05) is 62.4 Å². The molecule has 4 heteroatoms. The molecule has 6 rings (SSSR count). The van der Waals surface area contributed by atoms with Crippen LogP contribution in [0.1, 0.15) is 58.6 Å². The number of anilines is 2. The first kappa shape index (κ1) is 19.4. The topological polar surface area (TPSA) is 21.7 Å². The van der Waals surface area contributed by atoms with Crippen LogP contribution in [0.3, 0.4) is 0 Å². The summed E-state index contributed by atoms with van der Waals surface area (Å²) in [7, 11) is -0.334. The summed E-state index contributed by atoms with van der Waals surface area (Å²) in [6, 6.07) is 16.0. The van der Waals surface area contributed by atoms with Crippen LogP contribution in [-0.2, 0) is 14.7 Å². The molecule has 158 valence electrons. The van der Waals surface area contributed by atoms with Crippen LogP contribution < -0.4 is 10.4 Å². The van der Waals surface area contributed by atoms with Crippen LogP contribution >= 0.6 is 0 Å². The summed E-state index contributed by atoms with van der Waals surface area (Å²) in [5.41, 5.74) is 7.34. The summed E-state index contributed by atoms with van der Waals surface area (Å²) >= 11 is 0. The average Bonchev–Trinajstić information content (AvgIpc) is 3.17. The van der Waals surface area contributed by atoms with E-state index < -0.39 is 0 Å². The van der Waals surface area contributed by atoms with Gasteiger partial charge in [-0.05, 0) is 62.0 Å². The highest BCUT2D eigenvalue weighted by atomic mass is 16.7. The molecule has 2 unspecified atom stereocenters. The van der Waals surface area contributed by atoms with Crippen molar-refractivity contribution in [2.45, 2.75) is 70.1 Å². The third-order valence-corrected chi connectivity index (χ3v) is 8.29. The van der Waals surface area contributed by atoms with Gasteiger partial charge in [-0.2, -0.15) is 0 Å². The SMILES string of the molecule is CC1(C)C2=CC=CC3c4cc(B5OC(C)(C)C(C)(C)O5)ccc4N(c4ccccc41)C23. The van der Waals surface area contributed by atoms with E-state index in [9.17, 15) is 0 Å². The maximum atomic E-state index is 6.36. The fourth-order valence-corrected chi connectivity index (χ4v) is 5.81. The first-order valence-corrected chi connectivity index (χ1v) is 11.4. The van der Waals surface area contributed by atoms with Crippen molar-refractivity contribution in [3.63, 3.8) is 0 Å². The maximum absolute atomic E-state index is 6.36. The van der Waals surface area contributed by atoms with E-state index in [0.717, 1.165) is 5.46 Å². The van der Waals surface area contributed by atoms with Crippen LogP contribution in [0.2, 0.25) is 0 Å². The van der Waals surface area contributed by atoms with Crippen LogP contribution in [0.5, 0.6) is 0 Å². The van der Waals surface area contributed by atoms with Gasteiger partial charge in [-0.25, -0.2) is 0 Å². The molecule has 4 aliphatic rings. The zero-order valence-electron chi connectivity index (χ0n) is 19.3. The number of hydrogen-bond acceptors (Lipinski definition) is 3. The third-order valence-electron chi connectivity index (χ3n) is 8.29.